The average Bonchev–Trinajstić information content (AvgIpc) is 2.80. The van der Waals surface area contributed by atoms with Crippen molar-refractivity contribution >= 4 is 5.97 Å². The normalized spacial score (nSPS) is 27.1. The van der Waals surface area contributed by atoms with Gasteiger partial charge in [0.1, 0.15) is 5.54 Å². The molecule has 2 rings (SSSR count). The monoisotopic (exact) mass is 254 g/mol. The van der Waals surface area contributed by atoms with Crippen molar-refractivity contribution in [1.82, 2.24) is 4.90 Å². The molecule has 0 aromatic rings. The van der Waals surface area contributed by atoms with Crippen LogP contribution in [0.2, 0.25) is 0 Å². The van der Waals surface area contributed by atoms with E-state index >= 15 is 0 Å². The second-order valence-electron chi connectivity index (χ2n) is 6.39. The van der Waals surface area contributed by atoms with E-state index in [1.165, 1.54) is 45.6 Å². The Morgan fingerprint density at radius 3 is 2.33 bits per heavy atom. The maximum Gasteiger partial charge on any atom is 0.326 e. The largest absolute Gasteiger partial charge is 0.468 e. The Kier molecular flexibility index (Phi) is 3.97. The van der Waals surface area contributed by atoms with Crippen molar-refractivity contribution in [3.8, 4) is 0 Å². The predicted octanol–water partition coefficient (Wildman–Crippen LogP) is 1.53. The maximum atomic E-state index is 11.6. The van der Waals surface area contributed by atoms with E-state index in [9.17, 15) is 4.79 Å². The number of nitrogens with two attached hydrogens (primary N) is 1. The van der Waals surface area contributed by atoms with Crippen LogP contribution in [0.5, 0.6) is 0 Å². The van der Waals surface area contributed by atoms with Crippen LogP contribution in [0, 0.1) is 5.41 Å². The first-order valence-electron chi connectivity index (χ1n) is 7.07. The summed E-state index contributed by atoms with van der Waals surface area (Å²) in [7, 11) is 1.40. The first kappa shape index (κ1) is 13.8. The van der Waals surface area contributed by atoms with Gasteiger partial charge in [0.2, 0.25) is 0 Å². The summed E-state index contributed by atoms with van der Waals surface area (Å²) in [4.78, 5) is 13.9. The highest BCUT2D eigenvalue weighted by molar-refractivity contribution is 5.80. The van der Waals surface area contributed by atoms with E-state index in [2.05, 4.69) is 4.90 Å². The fraction of sp³-hybridized carbons (Fsp3) is 0.929. The Morgan fingerprint density at radius 2 is 1.83 bits per heavy atom. The van der Waals surface area contributed by atoms with Crippen LogP contribution in [0.25, 0.3) is 0 Å². The van der Waals surface area contributed by atoms with E-state index in [1.54, 1.807) is 6.92 Å². The van der Waals surface area contributed by atoms with E-state index in [-0.39, 0.29) is 5.97 Å². The number of hydrogen-bond donors (Lipinski definition) is 1. The molecule has 1 saturated heterocycles. The fourth-order valence-corrected chi connectivity index (χ4v) is 3.57. The van der Waals surface area contributed by atoms with Gasteiger partial charge in [-0.05, 0) is 51.1 Å². The zero-order chi connectivity index (χ0) is 13.2. The Hall–Kier alpha value is -0.610. The van der Waals surface area contributed by atoms with E-state index in [4.69, 9.17) is 10.5 Å². The molecule has 0 aromatic heterocycles. The SMILES string of the molecule is COC(=O)C(C)(N)CN1CCC2(CCCC2)CC1. The lowest BCUT2D eigenvalue weighted by atomic mass is 9.77. The molecule has 0 amide bonds. The van der Waals surface area contributed by atoms with Gasteiger partial charge in [-0.25, -0.2) is 0 Å². The molecule has 1 saturated carbocycles. The summed E-state index contributed by atoms with van der Waals surface area (Å²) < 4.78 is 4.76. The average molecular weight is 254 g/mol. The first-order chi connectivity index (χ1) is 8.47. The standard InChI is InChI=1S/C14H26N2O2/c1-13(15,12(17)18-2)11-16-9-7-14(8-10-16)5-3-4-6-14/h3-11,15H2,1-2H3. The van der Waals surface area contributed by atoms with Crippen molar-refractivity contribution in [1.29, 1.82) is 0 Å². The predicted molar refractivity (Wildman–Crippen MR) is 71.2 cm³/mol. The molecule has 1 aliphatic heterocycles. The zero-order valence-corrected chi connectivity index (χ0v) is 11.7. The molecular formula is C14H26N2O2. The first-order valence-corrected chi connectivity index (χ1v) is 7.07. The van der Waals surface area contributed by atoms with Crippen LogP contribution in [-0.2, 0) is 9.53 Å². The summed E-state index contributed by atoms with van der Waals surface area (Å²) in [6.45, 7) is 4.52. The molecule has 2 fully saturated rings. The minimum absolute atomic E-state index is 0.316. The molecular weight excluding hydrogens is 228 g/mol. The van der Waals surface area contributed by atoms with Gasteiger partial charge in [0.05, 0.1) is 7.11 Å². The van der Waals surface area contributed by atoms with Gasteiger partial charge in [0.15, 0.2) is 0 Å². The minimum Gasteiger partial charge on any atom is -0.468 e. The van der Waals surface area contributed by atoms with Crippen molar-refractivity contribution in [2.45, 2.75) is 51.0 Å². The highest BCUT2D eigenvalue weighted by Gasteiger charge is 2.39. The minimum atomic E-state index is -0.880. The number of methoxy groups -OCH3 is 1. The zero-order valence-electron chi connectivity index (χ0n) is 11.7. The van der Waals surface area contributed by atoms with Crippen molar-refractivity contribution < 1.29 is 9.53 Å². The highest BCUT2D eigenvalue weighted by Crippen LogP contribution is 2.46. The number of carbonyl (C=O) groups excluding carboxylic acids is 1. The van der Waals surface area contributed by atoms with Crippen LogP contribution < -0.4 is 5.73 Å². The second-order valence-corrected chi connectivity index (χ2v) is 6.39. The fourth-order valence-electron chi connectivity index (χ4n) is 3.57. The van der Waals surface area contributed by atoms with Crippen molar-refractivity contribution in [3.05, 3.63) is 0 Å². The number of hydrogen-bond acceptors (Lipinski definition) is 4. The van der Waals surface area contributed by atoms with Gasteiger partial charge in [0.25, 0.3) is 0 Å². The van der Waals surface area contributed by atoms with Gasteiger partial charge in [-0.1, -0.05) is 12.8 Å². The van der Waals surface area contributed by atoms with Crippen LogP contribution in [0.4, 0.5) is 0 Å². The van der Waals surface area contributed by atoms with E-state index < -0.39 is 5.54 Å². The van der Waals surface area contributed by atoms with Gasteiger partial charge in [-0.2, -0.15) is 0 Å². The number of rotatable bonds is 3. The number of piperidine rings is 1. The van der Waals surface area contributed by atoms with Crippen LogP contribution in [0.3, 0.4) is 0 Å². The molecule has 1 spiro atoms. The van der Waals surface area contributed by atoms with E-state index in [0.717, 1.165) is 13.1 Å². The smallest absolute Gasteiger partial charge is 0.326 e. The lowest BCUT2D eigenvalue weighted by molar-refractivity contribution is -0.147. The summed E-state index contributed by atoms with van der Waals surface area (Å²) in [5.41, 5.74) is 5.77. The number of esters is 1. The third-order valence-electron chi connectivity index (χ3n) is 4.78. The molecule has 1 atom stereocenters. The van der Waals surface area contributed by atoms with Gasteiger partial charge in [-0.3, -0.25) is 4.79 Å². The van der Waals surface area contributed by atoms with E-state index in [1.807, 2.05) is 0 Å². The molecule has 0 aromatic carbocycles. The highest BCUT2D eigenvalue weighted by atomic mass is 16.5. The number of nitrogens with zero attached hydrogens (tertiary/aromatic N) is 1. The lowest BCUT2D eigenvalue weighted by Crippen LogP contribution is -2.56. The summed E-state index contributed by atoms with van der Waals surface area (Å²) in [6.07, 6.45) is 8.14. The maximum absolute atomic E-state index is 11.6. The van der Waals surface area contributed by atoms with Gasteiger partial charge in [0, 0.05) is 6.54 Å². The van der Waals surface area contributed by atoms with Gasteiger partial charge < -0.3 is 15.4 Å². The third-order valence-corrected chi connectivity index (χ3v) is 4.78. The lowest BCUT2D eigenvalue weighted by Gasteiger charge is -2.41. The Balaban J connectivity index is 1.85. The Bertz CT molecular complexity index is 299. The molecule has 1 unspecified atom stereocenters. The quantitative estimate of drug-likeness (QED) is 0.776. The van der Waals surface area contributed by atoms with Gasteiger partial charge >= 0.3 is 5.97 Å². The van der Waals surface area contributed by atoms with Gasteiger partial charge in [-0.15, -0.1) is 0 Å². The number of carbonyl (C=O) groups is 1. The van der Waals surface area contributed by atoms with Crippen molar-refractivity contribution in [3.63, 3.8) is 0 Å². The second kappa shape index (κ2) is 5.17. The third kappa shape index (κ3) is 2.86. The molecule has 0 radical (unpaired) electrons. The molecule has 4 heteroatoms. The molecule has 1 aliphatic carbocycles. The van der Waals surface area contributed by atoms with Crippen LogP contribution in [-0.4, -0.2) is 43.2 Å². The van der Waals surface area contributed by atoms with Crippen molar-refractivity contribution in [2.75, 3.05) is 26.7 Å². The van der Waals surface area contributed by atoms with Crippen molar-refractivity contribution in [2.24, 2.45) is 11.1 Å². The number of ether oxygens (including phenoxy) is 1. The number of likely N-dealkylation sites (tertiary alicyclic amines) is 1. The van der Waals surface area contributed by atoms with Crippen LogP contribution in [0.1, 0.15) is 45.4 Å². The summed E-state index contributed by atoms with van der Waals surface area (Å²) in [5.74, 6) is -0.316. The van der Waals surface area contributed by atoms with Crippen LogP contribution >= 0.6 is 0 Å². The summed E-state index contributed by atoms with van der Waals surface area (Å²) >= 11 is 0. The van der Waals surface area contributed by atoms with E-state index in [0.29, 0.717) is 12.0 Å². The molecule has 0 bridgehead atoms. The Labute approximate surface area is 110 Å². The molecule has 1 heterocycles. The molecule has 18 heavy (non-hydrogen) atoms. The summed E-state index contributed by atoms with van der Waals surface area (Å²) in [5, 5.41) is 0. The molecule has 2 N–H and O–H groups in total. The molecule has 2 aliphatic rings. The molecule has 4 nitrogen and oxygen atoms in total. The summed E-state index contributed by atoms with van der Waals surface area (Å²) in [6, 6.07) is 0. The Morgan fingerprint density at radius 1 is 1.28 bits per heavy atom. The topological polar surface area (TPSA) is 55.6 Å². The molecule has 104 valence electrons. The van der Waals surface area contributed by atoms with Crippen LogP contribution in [0.15, 0.2) is 0 Å².